The number of hydrogen-bond donors (Lipinski definition) is 1. The van der Waals surface area contributed by atoms with Crippen molar-refractivity contribution in [1.82, 2.24) is 0 Å². The summed E-state index contributed by atoms with van der Waals surface area (Å²) in [6.45, 7) is 0. The summed E-state index contributed by atoms with van der Waals surface area (Å²) in [7, 11) is -4.04. The Balaban J connectivity index is 1.40. The van der Waals surface area contributed by atoms with Gasteiger partial charge in [0.15, 0.2) is 4.90 Å². The molecule has 0 unspecified atom stereocenters. The van der Waals surface area contributed by atoms with E-state index in [1.165, 1.54) is 68.4 Å². The van der Waals surface area contributed by atoms with Crippen LogP contribution in [0.5, 0.6) is 0 Å². The van der Waals surface area contributed by atoms with Crippen LogP contribution >= 0.6 is 0 Å². The number of anilines is 1. The molecule has 0 saturated heterocycles. The smallest absolute Gasteiger partial charge is 0.279 e. The molecule has 7 heteroatoms. The number of benzene rings is 2. The number of nitro benzene ring substituents is 1. The first-order chi connectivity index (χ1) is 13.8. The van der Waals surface area contributed by atoms with Gasteiger partial charge in [-0.25, -0.2) is 8.42 Å². The second-order valence-corrected chi connectivity index (χ2v) is 10.8. The largest absolute Gasteiger partial charge is 0.289 e. The van der Waals surface area contributed by atoms with Crippen molar-refractivity contribution in [3.8, 4) is 0 Å². The molecule has 4 aliphatic carbocycles. The Kier molecular flexibility index (Phi) is 4.21. The molecule has 152 valence electrons. The minimum atomic E-state index is -4.04. The minimum Gasteiger partial charge on any atom is -0.279 e. The van der Waals surface area contributed by atoms with Crippen LogP contribution in [0.4, 0.5) is 11.4 Å². The van der Waals surface area contributed by atoms with Crippen molar-refractivity contribution in [1.29, 1.82) is 0 Å². The number of nitro groups is 1. The Morgan fingerprint density at radius 2 is 1.45 bits per heavy atom. The first-order valence-corrected chi connectivity index (χ1v) is 11.7. The Labute approximate surface area is 170 Å². The van der Waals surface area contributed by atoms with Gasteiger partial charge in [0.25, 0.3) is 15.7 Å². The second-order valence-electron chi connectivity index (χ2n) is 9.11. The SMILES string of the molecule is O=[N+]([O-])c1ccccc1S(=O)(=O)Nc1ccc(C23CC4CC(CC(C4)C2)C3)cc1. The van der Waals surface area contributed by atoms with E-state index in [1.54, 1.807) is 12.1 Å². The molecule has 4 bridgehead atoms. The highest BCUT2D eigenvalue weighted by Gasteiger charge is 2.51. The molecule has 4 fully saturated rings. The van der Waals surface area contributed by atoms with E-state index < -0.39 is 20.6 Å². The van der Waals surface area contributed by atoms with Gasteiger partial charge >= 0.3 is 0 Å². The maximum atomic E-state index is 12.7. The molecule has 0 radical (unpaired) electrons. The van der Waals surface area contributed by atoms with E-state index in [2.05, 4.69) is 4.72 Å². The number of nitrogens with one attached hydrogen (secondary N) is 1. The fourth-order valence-corrected chi connectivity index (χ4v) is 7.63. The standard InChI is InChI=1S/C22H24N2O4S/c25-24(26)20-3-1-2-4-21(20)29(27,28)23-19-7-5-18(6-8-19)22-12-15-9-16(13-22)11-17(10-15)14-22/h1-8,15-17,23H,9-14H2. The predicted octanol–water partition coefficient (Wildman–Crippen LogP) is 4.86. The van der Waals surface area contributed by atoms with E-state index in [9.17, 15) is 18.5 Å². The highest BCUT2D eigenvalue weighted by atomic mass is 32.2. The number of hydrogen-bond acceptors (Lipinski definition) is 4. The molecular weight excluding hydrogens is 388 g/mol. The zero-order valence-corrected chi connectivity index (χ0v) is 16.9. The Morgan fingerprint density at radius 3 is 2.00 bits per heavy atom. The fourth-order valence-electron chi connectivity index (χ4n) is 6.40. The van der Waals surface area contributed by atoms with Crippen molar-refractivity contribution in [2.75, 3.05) is 4.72 Å². The van der Waals surface area contributed by atoms with Crippen LogP contribution in [-0.2, 0) is 15.4 Å². The zero-order chi connectivity index (χ0) is 20.2. The molecule has 4 aliphatic rings. The van der Waals surface area contributed by atoms with Crippen LogP contribution in [0.1, 0.15) is 44.1 Å². The molecule has 6 rings (SSSR count). The monoisotopic (exact) mass is 412 g/mol. The van der Waals surface area contributed by atoms with Gasteiger partial charge in [0, 0.05) is 11.8 Å². The number of nitrogens with zero attached hydrogens (tertiary/aromatic N) is 1. The minimum absolute atomic E-state index is 0.254. The zero-order valence-electron chi connectivity index (χ0n) is 16.1. The second kappa shape index (κ2) is 6.55. The van der Waals surface area contributed by atoms with Gasteiger partial charge in [-0.2, -0.15) is 0 Å². The molecule has 1 N–H and O–H groups in total. The average molecular weight is 413 g/mol. The summed E-state index contributed by atoms with van der Waals surface area (Å²) in [5.41, 5.74) is 1.57. The van der Waals surface area contributed by atoms with E-state index in [-0.39, 0.29) is 10.3 Å². The van der Waals surface area contributed by atoms with Crippen molar-refractivity contribution in [3.05, 3.63) is 64.2 Å². The summed E-state index contributed by atoms with van der Waals surface area (Å²) >= 11 is 0. The van der Waals surface area contributed by atoms with Crippen molar-refractivity contribution >= 4 is 21.4 Å². The third-order valence-corrected chi connectivity index (χ3v) is 8.57. The Hall–Kier alpha value is -2.41. The van der Waals surface area contributed by atoms with Crippen molar-refractivity contribution < 1.29 is 13.3 Å². The van der Waals surface area contributed by atoms with Crippen LogP contribution in [-0.4, -0.2) is 13.3 Å². The molecule has 0 aromatic heterocycles. The lowest BCUT2D eigenvalue weighted by Gasteiger charge is -2.57. The van der Waals surface area contributed by atoms with Gasteiger partial charge in [0.2, 0.25) is 0 Å². The number of rotatable bonds is 5. The molecule has 0 heterocycles. The number of sulfonamides is 1. The van der Waals surface area contributed by atoms with Gasteiger partial charge in [0.1, 0.15) is 0 Å². The van der Waals surface area contributed by atoms with E-state index >= 15 is 0 Å². The summed E-state index contributed by atoms with van der Waals surface area (Å²) in [5.74, 6) is 2.54. The van der Waals surface area contributed by atoms with Gasteiger partial charge in [-0.3, -0.25) is 14.8 Å². The molecule has 0 spiro atoms. The van der Waals surface area contributed by atoms with E-state index in [1.807, 2.05) is 12.1 Å². The van der Waals surface area contributed by atoms with Gasteiger partial charge in [0.05, 0.1) is 4.92 Å². The molecule has 29 heavy (non-hydrogen) atoms. The highest BCUT2D eigenvalue weighted by molar-refractivity contribution is 7.92. The van der Waals surface area contributed by atoms with Crippen LogP contribution in [0.25, 0.3) is 0 Å². The lowest BCUT2D eigenvalue weighted by atomic mass is 9.48. The highest BCUT2D eigenvalue weighted by Crippen LogP contribution is 2.60. The third kappa shape index (κ3) is 3.21. The molecule has 4 saturated carbocycles. The van der Waals surface area contributed by atoms with Crippen LogP contribution in [0.3, 0.4) is 0 Å². The first kappa shape index (κ1) is 18.6. The van der Waals surface area contributed by atoms with Gasteiger partial charge < -0.3 is 0 Å². The molecular formula is C22H24N2O4S. The normalized spacial score (nSPS) is 30.3. The summed E-state index contributed by atoms with van der Waals surface area (Å²) in [4.78, 5) is 10.2. The molecule has 0 amide bonds. The third-order valence-electron chi connectivity index (χ3n) is 7.14. The quantitative estimate of drug-likeness (QED) is 0.561. The van der Waals surface area contributed by atoms with Gasteiger partial charge in [-0.15, -0.1) is 0 Å². The summed E-state index contributed by atoms with van der Waals surface area (Å²) in [6.07, 6.45) is 7.90. The topological polar surface area (TPSA) is 89.3 Å². The number of para-hydroxylation sites is 1. The summed E-state index contributed by atoms with van der Waals surface area (Å²) in [5, 5.41) is 11.2. The lowest BCUT2D eigenvalue weighted by Crippen LogP contribution is -2.48. The molecule has 6 nitrogen and oxygen atoms in total. The van der Waals surface area contributed by atoms with Crippen LogP contribution in [0.2, 0.25) is 0 Å². The van der Waals surface area contributed by atoms with Crippen LogP contribution in [0, 0.1) is 27.9 Å². The van der Waals surface area contributed by atoms with Gasteiger partial charge in [-0.1, -0.05) is 24.3 Å². The molecule has 0 atom stereocenters. The maximum Gasteiger partial charge on any atom is 0.289 e. The Morgan fingerprint density at radius 1 is 0.897 bits per heavy atom. The Bertz CT molecular complexity index is 1030. The summed E-state index contributed by atoms with van der Waals surface area (Å²) in [6, 6.07) is 13.1. The maximum absolute atomic E-state index is 12.7. The average Bonchev–Trinajstić information content (AvgIpc) is 2.67. The molecule has 0 aliphatic heterocycles. The van der Waals surface area contributed by atoms with E-state index in [0.717, 1.165) is 17.8 Å². The van der Waals surface area contributed by atoms with E-state index in [4.69, 9.17) is 0 Å². The molecule has 2 aromatic rings. The van der Waals surface area contributed by atoms with E-state index in [0.29, 0.717) is 5.69 Å². The van der Waals surface area contributed by atoms with Gasteiger partial charge in [-0.05, 0) is 85.5 Å². The fraction of sp³-hybridized carbons (Fsp3) is 0.455. The van der Waals surface area contributed by atoms with Crippen molar-refractivity contribution in [2.24, 2.45) is 17.8 Å². The first-order valence-electron chi connectivity index (χ1n) is 10.2. The molecule has 2 aromatic carbocycles. The van der Waals surface area contributed by atoms with Crippen molar-refractivity contribution in [3.63, 3.8) is 0 Å². The van der Waals surface area contributed by atoms with Crippen molar-refractivity contribution in [2.45, 2.75) is 48.8 Å². The van der Waals surface area contributed by atoms with Crippen LogP contribution in [0.15, 0.2) is 53.4 Å². The predicted molar refractivity (Wildman–Crippen MR) is 110 cm³/mol. The summed E-state index contributed by atoms with van der Waals surface area (Å²) < 4.78 is 27.9. The lowest BCUT2D eigenvalue weighted by molar-refractivity contribution is -0.387. The van der Waals surface area contributed by atoms with Crippen LogP contribution < -0.4 is 4.72 Å².